The van der Waals surface area contributed by atoms with Crippen molar-refractivity contribution in [2.45, 2.75) is 71.3 Å². The van der Waals surface area contributed by atoms with E-state index in [1.54, 1.807) is 17.0 Å². The van der Waals surface area contributed by atoms with Crippen LogP contribution in [0, 0.1) is 11.3 Å². The Bertz CT molecular complexity index is 987. The van der Waals surface area contributed by atoms with Crippen LogP contribution >= 0.6 is 17.0 Å². The Morgan fingerprint density at radius 1 is 1.03 bits per heavy atom. The van der Waals surface area contributed by atoms with E-state index in [0.29, 0.717) is 17.8 Å². The number of benzene rings is 2. The fraction of sp³-hybridized carbons (Fsp3) is 0.500. The molecule has 34 heavy (non-hydrogen) atoms. The molecular formula is C28H39BrN2O3. The Hall–Kier alpha value is -2.18. The van der Waals surface area contributed by atoms with Crippen molar-refractivity contribution in [1.29, 1.82) is 5.41 Å². The first-order valence-corrected chi connectivity index (χ1v) is 11.7. The van der Waals surface area contributed by atoms with Gasteiger partial charge in [-0.3, -0.25) is 10.2 Å². The summed E-state index contributed by atoms with van der Waals surface area (Å²) in [4.78, 5) is 15.2. The first kappa shape index (κ1) is 28.1. The minimum Gasteiger partial charge on any atom is -0.507 e. The number of hydrogen-bond donors (Lipinski definition) is 3. The molecule has 2 atom stereocenters. The molecule has 1 saturated heterocycles. The number of aliphatic hydroxyl groups excluding tert-OH is 1. The van der Waals surface area contributed by atoms with Crippen LogP contribution in [0.5, 0.6) is 5.75 Å². The Morgan fingerprint density at radius 2 is 1.56 bits per heavy atom. The molecule has 2 aromatic rings. The van der Waals surface area contributed by atoms with Crippen molar-refractivity contribution in [2.75, 3.05) is 13.2 Å². The molecule has 186 valence electrons. The van der Waals surface area contributed by atoms with E-state index in [2.05, 4.69) is 0 Å². The monoisotopic (exact) mass is 530 g/mol. The number of rotatable bonds is 6. The predicted octanol–water partition coefficient (Wildman–Crippen LogP) is 5.65. The molecule has 0 saturated carbocycles. The maximum Gasteiger partial charge on any atom is 0.182 e. The second-order valence-electron chi connectivity index (χ2n) is 11.3. The summed E-state index contributed by atoms with van der Waals surface area (Å²) >= 11 is 0. The average molecular weight is 532 g/mol. The highest BCUT2D eigenvalue weighted by Crippen LogP contribution is 2.40. The number of likely N-dealkylation sites (tertiary alicyclic amines) is 1. The number of ketones is 1. The zero-order valence-electron chi connectivity index (χ0n) is 21.2. The van der Waals surface area contributed by atoms with Crippen molar-refractivity contribution in [3.05, 3.63) is 64.7 Å². The van der Waals surface area contributed by atoms with Crippen LogP contribution in [-0.4, -0.2) is 45.9 Å². The number of phenols is 1. The molecule has 0 radical (unpaired) electrons. The zero-order chi connectivity index (χ0) is 24.6. The maximum absolute atomic E-state index is 13.4. The molecule has 3 N–H and O–H groups in total. The van der Waals surface area contributed by atoms with E-state index in [-0.39, 0.29) is 64.5 Å². The van der Waals surface area contributed by atoms with Crippen LogP contribution in [-0.2, 0) is 17.3 Å². The molecule has 0 spiro atoms. The third-order valence-electron chi connectivity index (χ3n) is 6.59. The standard InChI is InChI=1S/C28H38N2O3.BrH/c1-27(2,3)22-14-19(15-23(25(22)33)28(4,5)6)24(32)16-30-21(17-31)13-20(26(30)29)12-18-10-8-7-9-11-18;/h7-11,14-15,20-21,29,31,33H,12-13,16-17H2,1-6H3;1H/t20-,21-;/m0./s1. The minimum absolute atomic E-state index is 0. The Morgan fingerprint density at radius 3 is 2.03 bits per heavy atom. The summed E-state index contributed by atoms with van der Waals surface area (Å²) in [5.74, 6) is 0.538. The zero-order valence-corrected chi connectivity index (χ0v) is 22.9. The van der Waals surface area contributed by atoms with E-state index in [4.69, 9.17) is 5.41 Å². The van der Waals surface area contributed by atoms with Crippen LogP contribution in [0.1, 0.15) is 75.0 Å². The highest BCUT2D eigenvalue weighted by molar-refractivity contribution is 8.93. The normalized spacial score (nSPS) is 18.7. The van der Waals surface area contributed by atoms with Gasteiger partial charge in [-0.05, 0) is 41.4 Å². The van der Waals surface area contributed by atoms with Gasteiger partial charge in [0.1, 0.15) is 11.6 Å². The molecule has 5 nitrogen and oxygen atoms in total. The van der Waals surface area contributed by atoms with Crippen LogP contribution in [0.2, 0.25) is 0 Å². The number of hydrogen-bond acceptors (Lipinski definition) is 4. The molecule has 2 aromatic carbocycles. The van der Waals surface area contributed by atoms with Gasteiger partial charge >= 0.3 is 0 Å². The largest absolute Gasteiger partial charge is 0.507 e. The highest BCUT2D eigenvalue weighted by Gasteiger charge is 2.37. The number of aliphatic hydroxyl groups is 1. The summed E-state index contributed by atoms with van der Waals surface area (Å²) in [5, 5.41) is 29.7. The van der Waals surface area contributed by atoms with E-state index >= 15 is 0 Å². The highest BCUT2D eigenvalue weighted by atomic mass is 79.9. The number of carbonyl (C=O) groups excluding carboxylic acids is 1. The van der Waals surface area contributed by atoms with Gasteiger partial charge in [0.25, 0.3) is 0 Å². The second-order valence-corrected chi connectivity index (χ2v) is 11.3. The van der Waals surface area contributed by atoms with Gasteiger partial charge in [0.05, 0.1) is 19.2 Å². The molecule has 3 rings (SSSR count). The summed E-state index contributed by atoms with van der Waals surface area (Å²) in [7, 11) is 0. The lowest BCUT2D eigenvalue weighted by Crippen LogP contribution is -2.39. The molecule has 0 amide bonds. The van der Waals surface area contributed by atoms with Crippen LogP contribution in [0.15, 0.2) is 42.5 Å². The van der Waals surface area contributed by atoms with Crippen LogP contribution < -0.4 is 0 Å². The van der Waals surface area contributed by atoms with Crippen molar-refractivity contribution in [1.82, 2.24) is 4.90 Å². The first-order valence-electron chi connectivity index (χ1n) is 11.7. The summed E-state index contributed by atoms with van der Waals surface area (Å²) in [6.45, 7) is 12.1. The number of nitrogens with one attached hydrogen (secondary N) is 1. The average Bonchev–Trinajstić information content (AvgIpc) is 3.02. The molecule has 1 fully saturated rings. The molecule has 1 aliphatic rings. The number of amidine groups is 1. The van der Waals surface area contributed by atoms with E-state index in [9.17, 15) is 15.0 Å². The fourth-order valence-electron chi connectivity index (χ4n) is 4.65. The Balaban J connectivity index is 0.00000408. The number of nitrogens with zero attached hydrogens (tertiary/aromatic N) is 1. The molecule has 1 aliphatic heterocycles. The van der Waals surface area contributed by atoms with Gasteiger partial charge in [-0.1, -0.05) is 71.9 Å². The number of halogens is 1. The summed E-state index contributed by atoms with van der Waals surface area (Å²) in [6, 6.07) is 13.4. The SMILES string of the molecule is Br.CC(C)(C)c1cc(C(=O)CN2C(=N)[C@@H](Cc3ccccc3)C[C@H]2CO)cc(C(C)(C)C)c1O. The van der Waals surface area contributed by atoms with Crippen molar-refractivity contribution in [3.8, 4) is 5.75 Å². The van der Waals surface area contributed by atoms with Crippen LogP contribution in [0.4, 0.5) is 0 Å². The van der Waals surface area contributed by atoms with Crippen LogP contribution in [0.25, 0.3) is 0 Å². The Labute approximate surface area is 214 Å². The number of aromatic hydroxyl groups is 1. The Kier molecular flexibility index (Phi) is 8.76. The maximum atomic E-state index is 13.4. The predicted molar refractivity (Wildman–Crippen MR) is 144 cm³/mol. The summed E-state index contributed by atoms with van der Waals surface area (Å²) < 4.78 is 0. The summed E-state index contributed by atoms with van der Waals surface area (Å²) in [6.07, 6.45) is 1.38. The lowest BCUT2D eigenvalue weighted by molar-refractivity contribution is 0.0933. The minimum atomic E-state index is -0.324. The molecule has 1 heterocycles. The smallest absolute Gasteiger partial charge is 0.182 e. The third kappa shape index (κ3) is 6.08. The van der Waals surface area contributed by atoms with Crippen molar-refractivity contribution in [3.63, 3.8) is 0 Å². The lowest BCUT2D eigenvalue weighted by Gasteiger charge is -2.29. The second kappa shape index (κ2) is 10.6. The topological polar surface area (TPSA) is 84.6 Å². The van der Waals surface area contributed by atoms with Gasteiger partial charge < -0.3 is 15.1 Å². The van der Waals surface area contributed by atoms with Gasteiger partial charge in [-0.2, -0.15) is 0 Å². The van der Waals surface area contributed by atoms with Crippen molar-refractivity contribution < 1.29 is 15.0 Å². The van der Waals surface area contributed by atoms with Gasteiger partial charge in [-0.15, -0.1) is 17.0 Å². The molecular weight excluding hydrogens is 492 g/mol. The molecule has 0 unspecified atom stereocenters. The number of Topliss-reactive ketones (excluding diaryl/α,β-unsaturated/α-hetero) is 1. The molecule has 6 heteroatoms. The fourth-order valence-corrected chi connectivity index (χ4v) is 4.65. The number of carbonyl (C=O) groups is 1. The molecule has 0 aromatic heterocycles. The van der Waals surface area contributed by atoms with Crippen molar-refractivity contribution >= 4 is 28.6 Å². The van der Waals surface area contributed by atoms with Gasteiger partial charge in [0, 0.05) is 22.6 Å². The molecule has 0 bridgehead atoms. The van der Waals surface area contributed by atoms with Gasteiger partial charge in [0.15, 0.2) is 5.78 Å². The van der Waals surface area contributed by atoms with Crippen LogP contribution in [0.3, 0.4) is 0 Å². The first-order chi connectivity index (χ1) is 15.3. The number of phenolic OH excluding ortho intramolecular Hbond substituents is 1. The van der Waals surface area contributed by atoms with E-state index in [1.165, 1.54) is 0 Å². The third-order valence-corrected chi connectivity index (χ3v) is 6.59. The van der Waals surface area contributed by atoms with Gasteiger partial charge in [0.2, 0.25) is 0 Å². The van der Waals surface area contributed by atoms with E-state index in [0.717, 1.165) is 23.1 Å². The lowest BCUT2D eigenvalue weighted by atomic mass is 9.78. The van der Waals surface area contributed by atoms with Gasteiger partial charge in [-0.25, -0.2) is 0 Å². The van der Waals surface area contributed by atoms with E-state index < -0.39 is 0 Å². The molecule has 0 aliphatic carbocycles. The summed E-state index contributed by atoms with van der Waals surface area (Å²) in [5.41, 5.74) is 2.54. The quantitative estimate of drug-likeness (QED) is 0.421. The van der Waals surface area contributed by atoms with Crippen molar-refractivity contribution in [2.24, 2.45) is 5.92 Å². The van der Waals surface area contributed by atoms with E-state index in [1.807, 2.05) is 71.9 Å².